The Morgan fingerprint density at radius 3 is 2.65 bits per heavy atom. The molecule has 2 N–H and O–H groups in total. The number of nitrogens with zero attached hydrogens (tertiary/aromatic N) is 1. The number of hydrogen-bond donors (Lipinski definition) is 2. The van der Waals surface area contributed by atoms with Gasteiger partial charge in [0.15, 0.2) is 10.1 Å². The number of nitrogens with one attached hydrogen (secondary N) is 2. The Balaban J connectivity index is 1.67. The summed E-state index contributed by atoms with van der Waals surface area (Å²) in [6, 6.07) is 10.4. The van der Waals surface area contributed by atoms with E-state index in [9.17, 15) is 22.8 Å². The maximum atomic E-state index is 12.8. The zero-order valence-electron chi connectivity index (χ0n) is 18.1. The molecule has 0 bridgehead atoms. The Kier molecular flexibility index (Phi) is 8.13. The molecule has 1 aromatic heterocycles. The fraction of sp³-hybridized carbons (Fsp3) is 0.182. The van der Waals surface area contributed by atoms with Crippen molar-refractivity contribution in [3.63, 3.8) is 0 Å². The number of aromatic nitrogens is 2. The lowest BCUT2D eigenvalue weighted by molar-refractivity contribution is -0.113. The number of halogens is 1. The molecule has 0 atom stereocenters. The average Bonchev–Trinajstić information content (AvgIpc) is 2.79. The second-order valence-electron chi connectivity index (χ2n) is 6.93. The fourth-order valence-electron chi connectivity index (χ4n) is 2.77. The molecule has 12 heteroatoms. The van der Waals surface area contributed by atoms with E-state index in [2.05, 4.69) is 15.3 Å². The number of amides is 1. The maximum absolute atomic E-state index is 12.8. The Hall–Kier alpha value is -3.15. The van der Waals surface area contributed by atoms with Gasteiger partial charge in [-0.15, -0.1) is 0 Å². The highest BCUT2D eigenvalue weighted by molar-refractivity contribution is 7.99. The summed E-state index contributed by atoms with van der Waals surface area (Å²) in [6.07, 6.45) is 0.949. The number of benzene rings is 2. The minimum Gasteiger partial charge on any atom is -0.462 e. The number of carbonyl (C=O) groups is 2. The third-order valence-corrected chi connectivity index (χ3v) is 7.52. The van der Waals surface area contributed by atoms with Crippen molar-refractivity contribution >= 4 is 50.8 Å². The van der Waals surface area contributed by atoms with Crippen LogP contribution in [-0.4, -0.2) is 42.6 Å². The summed E-state index contributed by atoms with van der Waals surface area (Å²) in [5.74, 6) is -1.04. The van der Waals surface area contributed by atoms with Crippen LogP contribution in [0.2, 0.25) is 5.02 Å². The van der Waals surface area contributed by atoms with Gasteiger partial charge in [-0.1, -0.05) is 35.5 Å². The molecule has 1 amide bonds. The molecule has 178 valence electrons. The van der Waals surface area contributed by atoms with Gasteiger partial charge in [-0.2, -0.15) is 0 Å². The molecule has 0 unspecified atom stereocenters. The number of hydrogen-bond acceptors (Lipinski definition) is 8. The van der Waals surface area contributed by atoms with Gasteiger partial charge in [-0.05, 0) is 49.7 Å². The quantitative estimate of drug-likeness (QED) is 0.261. The van der Waals surface area contributed by atoms with Crippen LogP contribution in [-0.2, 0) is 19.4 Å². The van der Waals surface area contributed by atoms with E-state index in [0.717, 1.165) is 18.0 Å². The summed E-state index contributed by atoms with van der Waals surface area (Å²) >= 11 is 6.92. The summed E-state index contributed by atoms with van der Waals surface area (Å²) in [6.45, 7) is 3.65. The zero-order valence-corrected chi connectivity index (χ0v) is 20.5. The molecule has 34 heavy (non-hydrogen) atoms. The number of H-pyrrole nitrogens is 1. The molecule has 0 saturated carbocycles. The Morgan fingerprint density at radius 1 is 1.21 bits per heavy atom. The molecule has 0 saturated heterocycles. The number of aromatic amines is 1. The van der Waals surface area contributed by atoms with Crippen LogP contribution < -0.4 is 10.9 Å². The Bertz CT molecular complexity index is 1410. The molecule has 3 aromatic rings. The molecule has 0 aliphatic carbocycles. The zero-order chi connectivity index (χ0) is 24.9. The standard InChI is InChI=1S/C22H20ClN3O6S2/c1-3-32-21(29)14-5-4-6-15(9-14)25-19(27)12-33-22-24-11-18(20(28)26-22)34(30,31)16-8-7-13(2)17(23)10-16/h4-11H,3,12H2,1-2H3,(H,25,27)(H,24,26,28). The van der Waals surface area contributed by atoms with Crippen LogP contribution in [0, 0.1) is 6.92 Å². The van der Waals surface area contributed by atoms with Crippen molar-refractivity contribution in [2.45, 2.75) is 28.8 Å². The monoisotopic (exact) mass is 521 g/mol. The van der Waals surface area contributed by atoms with E-state index in [1.807, 2.05) is 0 Å². The minimum absolute atomic E-state index is 0.0707. The maximum Gasteiger partial charge on any atom is 0.338 e. The fourth-order valence-corrected chi connectivity index (χ4v) is 4.91. The van der Waals surface area contributed by atoms with E-state index in [1.54, 1.807) is 38.1 Å². The van der Waals surface area contributed by atoms with E-state index >= 15 is 0 Å². The van der Waals surface area contributed by atoms with Gasteiger partial charge < -0.3 is 15.0 Å². The SMILES string of the molecule is CCOC(=O)c1cccc(NC(=O)CSc2ncc(S(=O)(=O)c3ccc(C)c(Cl)c3)c(=O)[nH]2)c1. The van der Waals surface area contributed by atoms with Crippen molar-refractivity contribution in [2.75, 3.05) is 17.7 Å². The van der Waals surface area contributed by atoms with Gasteiger partial charge in [0, 0.05) is 10.7 Å². The van der Waals surface area contributed by atoms with Crippen molar-refractivity contribution in [3.05, 3.63) is 75.2 Å². The first-order valence-corrected chi connectivity index (χ1v) is 12.8. The first-order chi connectivity index (χ1) is 16.1. The van der Waals surface area contributed by atoms with Gasteiger partial charge >= 0.3 is 5.97 Å². The van der Waals surface area contributed by atoms with Crippen molar-refractivity contribution in [3.8, 4) is 0 Å². The molecule has 0 aliphatic heterocycles. The van der Waals surface area contributed by atoms with E-state index in [1.165, 1.54) is 18.2 Å². The van der Waals surface area contributed by atoms with E-state index in [0.29, 0.717) is 16.8 Å². The van der Waals surface area contributed by atoms with Gasteiger partial charge in [-0.25, -0.2) is 18.2 Å². The predicted octanol–water partition coefficient (Wildman–Crippen LogP) is 3.47. The summed E-state index contributed by atoms with van der Waals surface area (Å²) in [5.41, 5.74) is 0.530. The molecule has 0 aliphatic rings. The van der Waals surface area contributed by atoms with E-state index in [4.69, 9.17) is 16.3 Å². The molecule has 0 fully saturated rings. The molecular weight excluding hydrogens is 502 g/mol. The van der Waals surface area contributed by atoms with Crippen molar-refractivity contribution in [1.82, 2.24) is 9.97 Å². The van der Waals surface area contributed by atoms with Crippen LogP contribution in [0.15, 0.2) is 68.4 Å². The first kappa shape index (κ1) is 25.5. The van der Waals surface area contributed by atoms with Gasteiger partial charge in [0.25, 0.3) is 5.56 Å². The number of sulfone groups is 1. The lowest BCUT2D eigenvalue weighted by atomic mass is 10.2. The first-order valence-electron chi connectivity index (χ1n) is 9.92. The summed E-state index contributed by atoms with van der Waals surface area (Å²) in [7, 11) is -4.13. The second-order valence-corrected chi connectivity index (χ2v) is 10.2. The van der Waals surface area contributed by atoms with Gasteiger partial charge in [0.1, 0.15) is 0 Å². The van der Waals surface area contributed by atoms with Crippen molar-refractivity contribution in [2.24, 2.45) is 0 Å². The lowest BCUT2D eigenvalue weighted by Gasteiger charge is -2.08. The van der Waals surface area contributed by atoms with Crippen LogP contribution >= 0.6 is 23.4 Å². The predicted molar refractivity (Wildman–Crippen MR) is 128 cm³/mol. The molecule has 1 heterocycles. The number of ether oxygens (including phenoxy) is 1. The highest BCUT2D eigenvalue weighted by atomic mass is 35.5. The molecule has 2 aromatic carbocycles. The summed E-state index contributed by atoms with van der Waals surface area (Å²) in [5, 5.41) is 2.97. The molecule has 9 nitrogen and oxygen atoms in total. The topological polar surface area (TPSA) is 135 Å². The summed E-state index contributed by atoms with van der Waals surface area (Å²) < 4.78 is 30.5. The van der Waals surface area contributed by atoms with E-state index < -0.39 is 32.2 Å². The Morgan fingerprint density at radius 2 is 1.97 bits per heavy atom. The van der Waals surface area contributed by atoms with Crippen LogP contribution in [0.1, 0.15) is 22.8 Å². The third-order valence-electron chi connectivity index (χ3n) is 4.48. The molecule has 0 radical (unpaired) electrons. The van der Waals surface area contributed by atoms with Crippen LogP contribution in [0.3, 0.4) is 0 Å². The third kappa shape index (κ3) is 6.04. The van der Waals surface area contributed by atoms with E-state index in [-0.39, 0.29) is 27.4 Å². The average molecular weight is 522 g/mol. The van der Waals surface area contributed by atoms with Gasteiger partial charge in [0.05, 0.1) is 29.0 Å². The highest BCUT2D eigenvalue weighted by Crippen LogP contribution is 2.24. The Labute approximate surface area is 204 Å². The number of esters is 1. The molecule has 0 spiro atoms. The van der Waals surface area contributed by atoms with Crippen molar-refractivity contribution in [1.29, 1.82) is 0 Å². The van der Waals surface area contributed by atoms with Crippen LogP contribution in [0.25, 0.3) is 0 Å². The smallest absolute Gasteiger partial charge is 0.338 e. The number of anilines is 1. The number of rotatable bonds is 8. The number of aryl methyl sites for hydroxylation is 1. The van der Waals surface area contributed by atoms with Crippen LogP contribution in [0.5, 0.6) is 0 Å². The summed E-state index contributed by atoms with van der Waals surface area (Å²) in [4.78, 5) is 42.2. The normalized spacial score (nSPS) is 11.1. The lowest BCUT2D eigenvalue weighted by Crippen LogP contribution is -2.20. The number of thioether (sulfide) groups is 1. The van der Waals surface area contributed by atoms with Gasteiger partial charge in [0.2, 0.25) is 15.7 Å². The highest BCUT2D eigenvalue weighted by Gasteiger charge is 2.23. The molecular formula is C22H20ClN3O6S2. The van der Waals surface area contributed by atoms with Crippen LogP contribution in [0.4, 0.5) is 5.69 Å². The van der Waals surface area contributed by atoms with Crippen molar-refractivity contribution < 1.29 is 22.7 Å². The van der Waals surface area contributed by atoms with Gasteiger partial charge in [-0.3, -0.25) is 9.59 Å². The second kappa shape index (κ2) is 10.9. The number of carbonyl (C=O) groups excluding carboxylic acids is 2. The largest absolute Gasteiger partial charge is 0.462 e. The minimum atomic E-state index is -4.13. The molecule has 3 rings (SSSR count).